The summed E-state index contributed by atoms with van der Waals surface area (Å²) in [4.78, 5) is 0. The number of hydrogen-bond acceptors (Lipinski definition) is 4. The molecule has 0 amide bonds. The average molecular weight is 245 g/mol. The van der Waals surface area contributed by atoms with Gasteiger partial charge in [0.1, 0.15) is 0 Å². The number of ether oxygens (including phenoxy) is 1. The highest BCUT2D eigenvalue weighted by molar-refractivity contribution is 6.99. The first-order chi connectivity index (χ1) is 7.27. The first kappa shape index (κ1) is 10.9. The molecule has 82 valence electrons. The number of hydrogen-bond donors (Lipinski definition) is 0. The Morgan fingerprint density at radius 3 is 2.93 bits per heavy atom. The predicted molar refractivity (Wildman–Crippen MR) is 61.4 cm³/mol. The average Bonchev–Trinajstić information content (AvgIpc) is 2.63. The van der Waals surface area contributed by atoms with Gasteiger partial charge < -0.3 is 4.74 Å². The Kier molecular flexibility index (Phi) is 3.59. The van der Waals surface area contributed by atoms with Crippen molar-refractivity contribution < 1.29 is 4.74 Å². The van der Waals surface area contributed by atoms with Crippen molar-refractivity contribution in [1.29, 1.82) is 0 Å². The van der Waals surface area contributed by atoms with Crippen LogP contribution in [0.25, 0.3) is 0 Å². The molecule has 2 atom stereocenters. The smallest absolute Gasteiger partial charge is 0.265 e. The van der Waals surface area contributed by atoms with Crippen LogP contribution in [0.1, 0.15) is 19.8 Å². The van der Waals surface area contributed by atoms with Gasteiger partial charge in [-0.2, -0.15) is 4.37 Å². The fourth-order valence-corrected chi connectivity index (χ4v) is 2.32. The Morgan fingerprint density at radius 2 is 2.27 bits per heavy atom. The Labute approximate surface area is 98.4 Å². The molecule has 0 bridgehead atoms. The molecule has 1 heterocycles. The van der Waals surface area contributed by atoms with Gasteiger partial charge in [-0.25, -0.2) is 0 Å². The molecule has 3 nitrogen and oxygen atoms in total. The highest BCUT2D eigenvalue weighted by Crippen LogP contribution is 2.27. The van der Waals surface area contributed by atoms with Crippen molar-refractivity contribution in [3.8, 4) is 5.88 Å². The van der Waals surface area contributed by atoms with E-state index in [2.05, 4.69) is 27.8 Å². The van der Waals surface area contributed by atoms with Crippen LogP contribution in [0, 0.1) is 11.8 Å². The zero-order chi connectivity index (χ0) is 10.7. The topological polar surface area (TPSA) is 35.0 Å². The van der Waals surface area contributed by atoms with E-state index >= 15 is 0 Å². The molecule has 0 aromatic carbocycles. The first-order valence-corrected chi connectivity index (χ1v) is 6.14. The van der Waals surface area contributed by atoms with Gasteiger partial charge in [0.15, 0.2) is 0 Å². The fraction of sp³-hybridized carbons (Fsp3) is 0.600. The van der Waals surface area contributed by atoms with Gasteiger partial charge in [0.25, 0.3) is 5.88 Å². The van der Waals surface area contributed by atoms with E-state index in [1.54, 1.807) is 0 Å². The summed E-state index contributed by atoms with van der Waals surface area (Å²) in [7, 11) is 0. The van der Waals surface area contributed by atoms with Crippen molar-refractivity contribution >= 4 is 23.3 Å². The van der Waals surface area contributed by atoms with E-state index < -0.39 is 0 Å². The Bertz CT molecular complexity index is 353. The molecule has 0 N–H and O–H groups in total. The molecule has 0 aliphatic heterocycles. The molecule has 1 aliphatic carbocycles. The molecular weight excluding hydrogens is 232 g/mol. The highest BCUT2D eigenvalue weighted by atomic mass is 35.5. The molecule has 1 aromatic rings. The third-order valence-corrected chi connectivity index (χ3v) is 3.63. The van der Waals surface area contributed by atoms with Crippen LogP contribution in [-0.2, 0) is 0 Å². The lowest BCUT2D eigenvalue weighted by atomic mass is 9.85. The molecule has 15 heavy (non-hydrogen) atoms. The van der Waals surface area contributed by atoms with Gasteiger partial charge >= 0.3 is 0 Å². The van der Waals surface area contributed by atoms with Crippen LogP contribution in [0.4, 0.5) is 0 Å². The van der Waals surface area contributed by atoms with Gasteiger partial charge in [0, 0.05) is 0 Å². The number of nitrogens with zero attached hydrogens (tertiary/aromatic N) is 2. The summed E-state index contributed by atoms with van der Waals surface area (Å²) in [6.07, 6.45) is 6.67. The molecule has 1 aliphatic rings. The molecule has 0 radical (unpaired) electrons. The van der Waals surface area contributed by atoms with Crippen LogP contribution in [0.5, 0.6) is 5.88 Å². The summed E-state index contributed by atoms with van der Waals surface area (Å²) in [5.74, 6) is 1.71. The second kappa shape index (κ2) is 4.94. The number of allylic oxidation sites excluding steroid dienone is 2. The minimum absolute atomic E-state index is 0.374. The molecule has 0 spiro atoms. The summed E-state index contributed by atoms with van der Waals surface area (Å²) in [6, 6.07) is 0. The summed E-state index contributed by atoms with van der Waals surface area (Å²) in [5, 5.41) is 0.374. The van der Waals surface area contributed by atoms with Crippen molar-refractivity contribution in [2.75, 3.05) is 6.61 Å². The lowest BCUT2D eigenvalue weighted by molar-refractivity contribution is 0.194. The Morgan fingerprint density at radius 1 is 1.47 bits per heavy atom. The van der Waals surface area contributed by atoms with Crippen LogP contribution in [0.15, 0.2) is 12.2 Å². The third kappa shape index (κ3) is 2.69. The van der Waals surface area contributed by atoms with Crippen LogP contribution in [0.3, 0.4) is 0 Å². The molecule has 5 heteroatoms. The van der Waals surface area contributed by atoms with Gasteiger partial charge in [-0.1, -0.05) is 30.7 Å². The molecule has 2 unspecified atom stereocenters. The zero-order valence-electron chi connectivity index (χ0n) is 8.52. The second-order valence-corrected chi connectivity index (χ2v) is 4.74. The van der Waals surface area contributed by atoms with Crippen molar-refractivity contribution in [2.45, 2.75) is 19.8 Å². The maximum absolute atomic E-state index is 5.79. The van der Waals surface area contributed by atoms with Crippen molar-refractivity contribution in [3.63, 3.8) is 0 Å². The van der Waals surface area contributed by atoms with E-state index in [9.17, 15) is 0 Å². The largest absolute Gasteiger partial charge is 0.475 e. The molecule has 0 saturated carbocycles. The van der Waals surface area contributed by atoms with Crippen LogP contribution < -0.4 is 4.74 Å². The SMILES string of the molecule is CC1CC=CCC1COc1nsnc1Cl. The van der Waals surface area contributed by atoms with Crippen molar-refractivity contribution in [2.24, 2.45) is 11.8 Å². The molecule has 1 aromatic heterocycles. The van der Waals surface area contributed by atoms with E-state index in [1.165, 1.54) is 0 Å². The third-order valence-electron chi connectivity index (χ3n) is 2.77. The van der Waals surface area contributed by atoms with Crippen molar-refractivity contribution in [3.05, 3.63) is 17.3 Å². The minimum Gasteiger partial charge on any atom is -0.475 e. The van der Waals surface area contributed by atoms with Gasteiger partial charge in [-0.05, 0) is 24.7 Å². The summed E-state index contributed by atoms with van der Waals surface area (Å²) < 4.78 is 13.4. The van der Waals surface area contributed by atoms with Crippen LogP contribution in [0.2, 0.25) is 5.15 Å². The van der Waals surface area contributed by atoms with Gasteiger partial charge in [0.2, 0.25) is 5.15 Å². The zero-order valence-corrected chi connectivity index (χ0v) is 10.1. The summed E-state index contributed by atoms with van der Waals surface area (Å²) in [6.45, 7) is 2.93. The quantitative estimate of drug-likeness (QED) is 0.766. The van der Waals surface area contributed by atoms with E-state index in [4.69, 9.17) is 16.3 Å². The summed E-state index contributed by atoms with van der Waals surface area (Å²) in [5.41, 5.74) is 0. The predicted octanol–water partition coefficient (Wildman–Crippen LogP) is 3.17. The van der Waals surface area contributed by atoms with Crippen LogP contribution in [-0.4, -0.2) is 15.4 Å². The van der Waals surface area contributed by atoms with Gasteiger partial charge in [-0.3, -0.25) is 0 Å². The Hall–Kier alpha value is -0.610. The lowest BCUT2D eigenvalue weighted by Crippen LogP contribution is -2.21. The van der Waals surface area contributed by atoms with Crippen molar-refractivity contribution in [1.82, 2.24) is 8.75 Å². The Balaban J connectivity index is 1.88. The number of rotatable bonds is 3. The lowest BCUT2D eigenvalue weighted by Gasteiger charge is -2.24. The monoisotopic (exact) mass is 244 g/mol. The summed E-state index contributed by atoms with van der Waals surface area (Å²) >= 11 is 6.87. The number of halogens is 1. The van der Waals surface area contributed by atoms with E-state index in [-0.39, 0.29) is 0 Å². The second-order valence-electron chi connectivity index (χ2n) is 3.85. The maximum Gasteiger partial charge on any atom is 0.265 e. The van der Waals surface area contributed by atoms with Crippen LogP contribution >= 0.6 is 23.3 Å². The normalized spacial score (nSPS) is 25.5. The highest BCUT2D eigenvalue weighted by Gasteiger charge is 2.19. The van der Waals surface area contributed by atoms with E-state index in [0.29, 0.717) is 29.5 Å². The van der Waals surface area contributed by atoms with E-state index in [1.807, 2.05) is 0 Å². The minimum atomic E-state index is 0.374. The van der Waals surface area contributed by atoms with Gasteiger partial charge in [0.05, 0.1) is 18.3 Å². The molecule has 2 rings (SSSR count). The fourth-order valence-electron chi connectivity index (χ4n) is 1.68. The molecular formula is C10H13ClN2OS. The molecule has 0 saturated heterocycles. The molecule has 0 fully saturated rings. The standard InChI is InChI=1S/C10H13ClN2OS/c1-7-4-2-3-5-8(7)6-14-10-9(11)12-15-13-10/h2-3,7-8H,4-6H2,1H3. The first-order valence-electron chi connectivity index (χ1n) is 5.03. The van der Waals surface area contributed by atoms with E-state index in [0.717, 1.165) is 24.6 Å². The van der Waals surface area contributed by atoms with Gasteiger partial charge in [-0.15, -0.1) is 4.37 Å². The number of aromatic nitrogens is 2. The maximum atomic E-state index is 5.79.